The van der Waals surface area contributed by atoms with E-state index in [9.17, 15) is 9.59 Å². The summed E-state index contributed by atoms with van der Waals surface area (Å²) >= 11 is 0. The second-order valence-corrected chi connectivity index (χ2v) is 10.5. The van der Waals surface area contributed by atoms with Gasteiger partial charge >= 0.3 is 5.97 Å². The van der Waals surface area contributed by atoms with Gasteiger partial charge in [0.05, 0.1) is 0 Å². The smallest absolute Gasteiger partial charge is 0.306 e. The molecular formula is C24H32O3. The van der Waals surface area contributed by atoms with Gasteiger partial charge in [-0.1, -0.05) is 39.8 Å². The Bertz CT molecular complexity index is 778. The minimum atomic E-state index is -0.271. The molecule has 5 rings (SSSR count). The molecule has 8 atom stereocenters. The van der Waals surface area contributed by atoms with Crippen molar-refractivity contribution >= 4 is 11.8 Å². The van der Waals surface area contributed by atoms with Crippen molar-refractivity contribution in [3.8, 4) is 0 Å². The lowest BCUT2D eigenvalue weighted by Gasteiger charge is -2.57. The number of hydrogen-bond donors (Lipinski definition) is 0. The van der Waals surface area contributed by atoms with E-state index in [1.165, 1.54) is 12.0 Å². The van der Waals surface area contributed by atoms with E-state index < -0.39 is 0 Å². The zero-order valence-electron chi connectivity index (χ0n) is 17.1. The Kier molecular flexibility index (Phi) is 3.51. The average Bonchev–Trinajstić information content (AvgIpc) is 3.10. The van der Waals surface area contributed by atoms with Crippen molar-refractivity contribution in [1.29, 1.82) is 0 Å². The first-order chi connectivity index (χ1) is 12.7. The molecule has 0 bridgehead atoms. The molecule has 1 aliphatic heterocycles. The SMILES string of the molecule is C[C@H]1[C@H]2[C@@H]3C=CC4=CC(=O)CC[C@]4(C)[C@H]3CC[C@]2(C)[C@]2(CCC(=O)O2)[C@H]1C. The van der Waals surface area contributed by atoms with E-state index in [1.807, 2.05) is 6.08 Å². The lowest BCUT2D eigenvalue weighted by molar-refractivity contribution is -0.170. The first kappa shape index (κ1) is 17.7. The van der Waals surface area contributed by atoms with Gasteiger partial charge in [0.15, 0.2) is 5.78 Å². The summed E-state index contributed by atoms with van der Waals surface area (Å²) in [6.07, 6.45) is 12.0. The van der Waals surface area contributed by atoms with Crippen LogP contribution in [-0.2, 0) is 14.3 Å². The summed E-state index contributed by atoms with van der Waals surface area (Å²) in [5.74, 6) is 2.90. The molecule has 1 heterocycles. The van der Waals surface area contributed by atoms with Crippen molar-refractivity contribution in [3.05, 3.63) is 23.8 Å². The molecule has 1 saturated heterocycles. The second kappa shape index (κ2) is 5.36. The fraction of sp³-hybridized carbons (Fsp3) is 0.750. The number of carbonyl (C=O) groups is 2. The maximum Gasteiger partial charge on any atom is 0.306 e. The van der Waals surface area contributed by atoms with Crippen LogP contribution in [0.4, 0.5) is 0 Å². The Morgan fingerprint density at radius 2 is 1.85 bits per heavy atom. The Hall–Kier alpha value is -1.38. The van der Waals surface area contributed by atoms with Crippen molar-refractivity contribution in [2.45, 2.75) is 71.8 Å². The molecule has 0 aromatic heterocycles. The fourth-order valence-corrected chi connectivity index (χ4v) is 8.27. The molecular weight excluding hydrogens is 336 g/mol. The highest BCUT2D eigenvalue weighted by atomic mass is 16.6. The van der Waals surface area contributed by atoms with Gasteiger partial charge in [0.25, 0.3) is 0 Å². The summed E-state index contributed by atoms with van der Waals surface area (Å²) in [7, 11) is 0. The maximum atomic E-state index is 12.1. The predicted octanol–water partition coefficient (Wildman–Crippen LogP) is 4.86. The highest BCUT2D eigenvalue weighted by Crippen LogP contribution is 2.71. The predicted molar refractivity (Wildman–Crippen MR) is 104 cm³/mol. The number of carbonyl (C=O) groups excluding carboxylic acids is 2. The minimum absolute atomic E-state index is 0.000194. The van der Waals surface area contributed by atoms with E-state index in [0.29, 0.717) is 42.4 Å². The van der Waals surface area contributed by atoms with Gasteiger partial charge in [-0.15, -0.1) is 0 Å². The van der Waals surface area contributed by atoms with Crippen LogP contribution in [0, 0.1) is 40.4 Å². The van der Waals surface area contributed by atoms with Crippen LogP contribution in [0.15, 0.2) is 23.8 Å². The van der Waals surface area contributed by atoms with Gasteiger partial charge in [0.2, 0.25) is 0 Å². The zero-order chi connectivity index (χ0) is 19.2. The second-order valence-electron chi connectivity index (χ2n) is 10.5. The van der Waals surface area contributed by atoms with Crippen LogP contribution in [-0.4, -0.2) is 17.4 Å². The van der Waals surface area contributed by atoms with Gasteiger partial charge in [-0.2, -0.15) is 0 Å². The van der Waals surface area contributed by atoms with Gasteiger partial charge in [0, 0.05) is 18.3 Å². The summed E-state index contributed by atoms with van der Waals surface area (Å²) in [4.78, 5) is 24.1. The van der Waals surface area contributed by atoms with Crippen LogP contribution in [0.2, 0.25) is 0 Å². The Balaban J connectivity index is 1.60. The molecule has 0 radical (unpaired) electrons. The Morgan fingerprint density at radius 3 is 2.56 bits per heavy atom. The number of ether oxygens (including phenoxy) is 1. The van der Waals surface area contributed by atoms with Crippen LogP contribution in [0.25, 0.3) is 0 Å². The molecule has 0 aromatic carbocycles. The molecule has 4 aliphatic carbocycles. The molecule has 3 heteroatoms. The summed E-state index contributed by atoms with van der Waals surface area (Å²) < 4.78 is 6.17. The Morgan fingerprint density at radius 1 is 1.07 bits per heavy atom. The first-order valence-electron chi connectivity index (χ1n) is 10.9. The highest BCUT2D eigenvalue weighted by Gasteiger charge is 2.71. The van der Waals surface area contributed by atoms with E-state index in [0.717, 1.165) is 19.3 Å². The maximum absolute atomic E-state index is 12.1. The molecule has 0 aromatic rings. The molecule has 146 valence electrons. The van der Waals surface area contributed by atoms with Crippen molar-refractivity contribution in [3.63, 3.8) is 0 Å². The molecule has 1 spiro atoms. The van der Waals surface area contributed by atoms with E-state index in [-0.39, 0.29) is 28.2 Å². The van der Waals surface area contributed by atoms with Crippen molar-refractivity contribution in [2.24, 2.45) is 40.4 Å². The molecule has 3 nitrogen and oxygen atoms in total. The van der Waals surface area contributed by atoms with Gasteiger partial charge < -0.3 is 4.74 Å². The molecule has 5 aliphatic rings. The van der Waals surface area contributed by atoms with E-state index >= 15 is 0 Å². The summed E-state index contributed by atoms with van der Waals surface area (Å²) in [6, 6.07) is 0. The van der Waals surface area contributed by atoms with Gasteiger partial charge in [-0.3, -0.25) is 9.59 Å². The van der Waals surface area contributed by atoms with Crippen molar-refractivity contribution in [1.82, 2.24) is 0 Å². The van der Waals surface area contributed by atoms with E-state index in [2.05, 4.69) is 39.8 Å². The number of esters is 1. The summed E-state index contributed by atoms with van der Waals surface area (Å²) in [6.45, 7) is 9.52. The molecule has 0 unspecified atom stereocenters. The fourth-order valence-electron chi connectivity index (χ4n) is 8.27. The topological polar surface area (TPSA) is 43.4 Å². The summed E-state index contributed by atoms with van der Waals surface area (Å²) in [5, 5.41) is 0. The monoisotopic (exact) mass is 368 g/mol. The minimum Gasteiger partial charge on any atom is -0.458 e. The number of fused-ring (bicyclic) bond motifs is 6. The van der Waals surface area contributed by atoms with Crippen molar-refractivity contribution in [2.75, 3.05) is 0 Å². The van der Waals surface area contributed by atoms with Crippen LogP contribution < -0.4 is 0 Å². The lowest BCUT2D eigenvalue weighted by atomic mass is 9.47. The molecule has 2 saturated carbocycles. The number of allylic oxidation sites excluding steroid dienone is 4. The van der Waals surface area contributed by atoms with Gasteiger partial charge in [-0.05, 0) is 72.3 Å². The zero-order valence-corrected chi connectivity index (χ0v) is 17.1. The van der Waals surface area contributed by atoms with Gasteiger partial charge in [-0.25, -0.2) is 0 Å². The quantitative estimate of drug-likeness (QED) is 0.573. The number of hydrogen-bond acceptors (Lipinski definition) is 3. The molecule has 0 N–H and O–H groups in total. The largest absolute Gasteiger partial charge is 0.458 e. The molecule has 0 amide bonds. The van der Waals surface area contributed by atoms with Crippen LogP contribution >= 0.6 is 0 Å². The van der Waals surface area contributed by atoms with Crippen molar-refractivity contribution < 1.29 is 14.3 Å². The third kappa shape index (κ3) is 1.99. The third-order valence-corrected chi connectivity index (χ3v) is 9.83. The number of ketones is 1. The van der Waals surface area contributed by atoms with Crippen LogP contribution in [0.5, 0.6) is 0 Å². The van der Waals surface area contributed by atoms with E-state index in [4.69, 9.17) is 4.74 Å². The van der Waals surface area contributed by atoms with Crippen LogP contribution in [0.1, 0.15) is 66.2 Å². The highest BCUT2D eigenvalue weighted by molar-refractivity contribution is 5.92. The number of rotatable bonds is 0. The Labute approximate surface area is 162 Å². The van der Waals surface area contributed by atoms with Crippen LogP contribution in [0.3, 0.4) is 0 Å². The van der Waals surface area contributed by atoms with Gasteiger partial charge in [0.1, 0.15) is 5.60 Å². The standard InChI is InChI=1S/C24H32O3/c1-14-15(2)24(12-9-20(26)27-24)23(4)11-8-19-18(21(14)23)6-5-16-13-17(25)7-10-22(16,19)3/h5-6,13-15,18-19,21H,7-12H2,1-4H3/t14-,15+,18-,19+,21+,22+,23+,24+/m1/s1. The summed E-state index contributed by atoms with van der Waals surface area (Å²) in [5.41, 5.74) is 1.17. The molecule has 3 fully saturated rings. The molecule has 27 heavy (non-hydrogen) atoms. The first-order valence-corrected chi connectivity index (χ1v) is 10.9. The normalized spacial score (nSPS) is 53.6. The third-order valence-electron chi connectivity index (χ3n) is 9.83. The average molecular weight is 369 g/mol. The lowest BCUT2D eigenvalue weighted by Crippen LogP contribution is -2.54. The van der Waals surface area contributed by atoms with E-state index in [1.54, 1.807) is 0 Å².